The second kappa shape index (κ2) is 4.67. The first-order valence-corrected chi connectivity index (χ1v) is 7.69. The highest BCUT2D eigenvalue weighted by atomic mass is 32.2. The van der Waals surface area contributed by atoms with Crippen molar-refractivity contribution < 1.29 is 0 Å². The fourth-order valence-corrected chi connectivity index (χ4v) is 5.16. The lowest BCUT2D eigenvalue weighted by Crippen LogP contribution is -1.89. The molecule has 0 saturated carbocycles. The van der Waals surface area contributed by atoms with Crippen LogP contribution >= 0.6 is 23.5 Å². The lowest BCUT2D eigenvalue weighted by Gasteiger charge is -2.10. The van der Waals surface area contributed by atoms with Crippen LogP contribution in [-0.2, 0) is 6.42 Å². The highest BCUT2D eigenvalue weighted by Crippen LogP contribution is 2.47. The summed E-state index contributed by atoms with van der Waals surface area (Å²) in [6.45, 7) is 0. The summed E-state index contributed by atoms with van der Waals surface area (Å²) in [5.74, 6) is 2.45. The Balaban J connectivity index is 2.15. The summed E-state index contributed by atoms with van der Waals surface area (Å²) < 4.78 is 0.534. The van der Waals surface area contributed by atoms with Gasteiger partial charge in [0.05, 0.1) is 17.1 Å². The average molecular weight is 260 g/mol. The first kappa shape index (κ1) is 11.1. The zero-order chi connectivity index (χ0) is 11.7. The number of hydrogen-bond acceptors (Lipinski definition) is 3. The van der Waals surface area contributed by atoms with Gasteiger partial charge in [0.2, 0.25) is 0 Å². The van der Waals surface area contributed by atoms with Crippen LogP contribution in [0.2, 0.25) is 0 Å². The van der Waals surface area contributed by atoms with E-state index in [9.17, 15) is 0 Å². The number of benzene rings is 1. The van der Waals surface area contributed by atoms with Crippen LogP contribution in [-0.4, -0.2) is 16.5 Å². The standard InChI is InChI=1S/C13H12N2S2/c14-5-4-9-8-15-11-3-1-2-10(12(9)11)13-16-6-7-17-13/h1-3,8,13,15H,4,6-7H2. The van der Waals surface area contributed by atoms with Gasteiger partial charge in [-0.05, 0) is 17.2 Å². The third kappa shape index (κ3) is 1.94. The van der Waals surface area contributed by atoms with E-state index in [1.807, 2.05) is 29.7 Å². The van der Waals surface area contributed by atoms with E-state index in [0.717, 1.165) is 11.1 Å². The van der Waals surface area contributed by atoms with Crippen molar-refractivity contribution in [2.75, 3.05) is 11.5 Å². The van der Waals surface area contributed by atoms with E-state index in [2.05, 4.69) is 29.3 Å². The molecule has 1 aliphatic rings. The van der Waals surface area contributed by atoms with Crippen molar-refractivity contribution in [2.45, 2.75) is 11.0 Å². The number of aromatic amines is 1. The Labute approximate surface area is 109 Å². The zero-order valence-corrected chi connectivity index (χ0v) is 10.9. The number of nitriles is 1. The van der Waals surface area contributed by atoms with E-state index in [1.165, 1.54) is 22.5 Å². The van der Waals surface area contributed by atoms with E-state index in [1.54, 1.807) is 0 Å². The Morgan fingerprint density at radius 1 is 1.35 bits per heavy atom. The first-order valence-electron chi connectivity index (χ1n) is 5.59. The van der Waals surface area contributed by atoms with Crippen LogP contribution < -0.4 is 0 Å². The van der Waals surface area contributed by atoms with Gasteiger partial charge in [-0.3, -0.25) is 0 Å². The molecule has 0 radical (unpaired) electrons. The number of nitrogens with zero attached hydrogens (tertiary/aromatic N) is 1. The molecule has 2 heterocycles. The number of aromatic nitrogens is 1. The molecule has 1 aliphatic heterocycles. The predicted molar refractivity (Wildman–Crippen MR) is 75.3 cm³/mol. The normalized spacial score (nSPS) is 16.4. The van der Waals surface area contributed by atoms with E-state index in [0.29, 0.717) is 11.0 Å². The summed E-state index contributed by atoms with van der Waals surface area (Å²) in [5.41, 5.74) is 3.66. The van der Waals surface area contributed by atoms with E-state index >= 15 is 0 Å². The lowest BCUT2D eigenvalue weighted by atomic mass is 10.1. The van der Waals surface area contributed by atoms with Crippen molar-refractivity contribution in [1.82, 2.24) is 4.98 Å². The smallest absolute Gasteiger partial charge is 0.0758 e. The average Bonchev–Trinajstić information content (AvgIpc) is 2.98. The Morgan fingerprint density at radius 3 is 2.94 bits per heavy atom. The molecule has 0 spiro atoms. The van der Waals surface area contributed by atoms with Gasteiger partial charge in [-0.15, -0.1) is 23.5 Å². The second-order valence-corrected chi connectivity index (χ2v) is 6.72. The summed E-state index contributed by atoms with van der Waals surface area (Å²) in [5, 5.41) is 10.1. The SMILES string of the molecule is N#CCc1c[nH]c2cccc(C3SCCS3)c12. The van der Waals surface area contributed by atoms with Gasteiger partial charge < -0.3 is 4.98 Å². The van der Waals surface area contributed by atoms with Crippen LogP contribution in [0.1, 0.15) is 15.7 Å². The molecule has 1 aromatic heterocycles. The Bertz CT molecular complexity index is 577. The third-order valence-corrected chi connectivity index (χ3v) is 6.03. The maximum Gasteiger partial charge on any atom is 0.0758 e. The predicted octanol–water partition coefficient (Wildman–Crippen LogP) is 3.71. The molecule has 0 amide bonds. The van der Waals surface area contributed by atoms with Crippen molar-refractivity contribution in [3.05, 3.63) is 35.5 Å². The van der Waals surface area contributed by atoms with E-state index in [-0.39, 0.29) is 0 Å². The summed E-state index contributed by atoms with van der Waals surface area (Å²) in [6, 6.07) is 8.64. The highest BCUT2D eigenvalue weighted by molar-refractivity contribution is 8.19. The Hall–Kier alpha value is -1.05. The molecular formula is C13H12N2S2. The number of nitrogens with one attached hydrogen (secondary N) is 1. The number of thioether (sulfide) groups is 2. The summed E-state index contributed by atoms with van der Waals surface area (Å²) >= 11 is 4.01. The lowest BCUT2D eigenvalue weighted by molar-refractivity contribution is 1.27. The molecule has 0 unspecified atom stereocenters. The van der Waals surface area contributed by atoms with Crippen LogP contribution in [0.5, 0.6) is 0 Å². The number of H-pyrrole nitrogens is 1. The fraction of sp³-hybridized carbons (Fsp3) is 0.308. The summed E-state index contributed by atoms with van der Waals surface area (Å²) in [7, 11) is 0. The van der Waals surface area contributed by atoms with Gasteiger partial charge in [0, 0.05) is 28.6 Å². The number of rotatable bonds is 2. The van der Waals surface area contributed by atoms with Crippen molar-refractivity contribution in [1.29, 1.82) is 5.26 Å². The molecule has 1 N–H and O–H groups in total. The molecule has 4 heteroatoms. The van der Waals surface area contributed by atoms with Gasteiger partial charge in [0.15, 0.2) is 0 Å². The second-order valence-electron chi connectivity index (χ2n) is 3.99. The molecule has 3 rings (SSSR count). The van der Waals surface area contributed by atoms with Gasteiger partial charge >= 0.3 is 0 Å². The monoisotopic (exact) mass is 260 g/mol. The maximum absolute atomic E-state index is 8.88. The molecular weight excluding hydrogens is 248 g/mol. The third-order valence-electron chi connectivity index (χ3n) is 2.96. The molecule has 2 aromatic rings. The topological polar surface area (TPSA) is 39.6 Å². The Morgan fingerprint density at radius 2 is 2.18 bits per heavy atom. The van der Waals surface area contributed by atoms with Gasteiger partial charge in [0.25, 0.3) is 0 Å². The van der Waals surface area contributed by atoms with Gasteiger partial charge in [-0.1, -0.05) is 12.1 Å². The van der Waals surface area contributed by atoms with Crippen molar-refractivity contribution in [3.8, 4) is 6.07 Å². The molecule has 1 saturated heterocycles. The van der Waals surface area contributed by atoms with Gasteiger partial charge in [-0.2, -0.15) is 5.26 Å². The van der Waals surface area contributed by atoms with Crippen LogP contribution in [0.25, 0.3) is 10.9 Å². The summed E-state index contributed by atoms with van der Waals surface area (Å²) in [6.07, 6.45) is 2.46. The summed E-state index contributed by atoms with van der Waals surface area (Å²) in [4.78, 5) is 3.27. The zero-order valence-electron chi connectivity index (χ0n) is 9.27. The molecule has 1 fully saturated rings. The highest BCUT2D eigenvalue weighted by Gasteiger charge is 2.21. The van der Waals surface area contributed by atoms with Crippen LogP contribution in [0.4, 0.5) is 0 Å². The molecule has 86 valence electrons. The van der Waals surface area contributed by atoms with Crippen molar-refractivity contribution in [2.24, 2.45) is 0 Å². The van der Waals surface area contributed by atoms with E-state index in [4.69, 9.17) is 5.26 Å². The van der Waals surface area contributed by atoms with Crippen LogP contribution in [0.3, 0.4) is 0 Å². The maximum atomic E-state index is 8.88. The van der Waals surface area contributed by atoms with Crippen LogP contribution in [0.15, 0.2) is 24.4 Å². The van der Waals surface area contributed by atoms with Gasteiger partial charge in [0.1, 0.15) is 0 Å². The number of hydrogen-bond donors (Lipinski definition) is 1. The van der Waals surface area contributed by atoms with Crippen molar-refractivity contribution in [3.63, 3.8) is 0 Å². The minimum atomic E-state index is 0.485. The van der Waals surface area contributed by atoms with Gasteiger partial charge in [-0.25, -0.2) is 0 Å². The number of fused-ring (bicyclic) bond motifs is 1. The van der Waals surface area contributed by atoms with E-state index < -0.39 is 0 Å². The molecule has 2 nitrogen and oxygen atoms in total. The Kier molecular flexibility index (Phi) is 3.04. The molecule has 0 aliphatic carbocycles. The molecule has 0 atom stereocenters. The largest absolute Gasteiger partial charge is 0.361 e. The minimum Gasteiger partial charge on any atom is -0.361 e. The molecule has 0 bridgehead atoms. The minimum absolute atomic E-state index is 0.485. The van der Waals surface area contributed by atoms with Crippen LogP contribution in [0, 0.1) is 11.3 Å². The molecule has 1 aromatic carbocycles. The quantitative estimate of drug-likeness (QED) is 0.894. The molecule has 17 heavy (non-hydrogen) atoms. The first-order chi connectivity index (χ1) is 8.40. The fourth-order valence-electron chi connectivity index (χ4n) is 2.24. The van der Waals surface area contributed by atoms with Crippen molar-refractivity contribution >= 4 is 34.4 Å².